The molecule has 0 atom stereocenters. The van der Waals surface area contributed by atoms with E-state index in [1.54, 1.807) is 30.1 Å². The monoisotopic (exact) mass is 308 g/mol. The van der Waals surface area contributed by atoms with Gasteiger partial charge in [-0.3, -0.25) is 0 Å². The Morgan fingerprint density at radius 2 is 2.05 bits per heavy atom. The zero-order valence-corrected chi connectivity index (χ0v) is 13.0. The van der Waals surface area contributed by atoms with E-state index in [-0.39, 0.29) is 12.3 Å². The summed E-state index contributed by atoms with van der Waals surface area (Å²) in [6, 6.07) is 7.33. The molecule has 1 heterocycles. The Morgan fingerprint density at radius 3 is 2.67 bits per heavy atom. The van der Waals surface area contributed by atoms with Crippen molar-refractivity contribution in [3.05, 3.63) is 53.6 Å². The van der Waals surface area contributed by atoms with Crippen LogP contribution in [0.3, 0.4) is 0 Å². The average Bonchev–Trinajstić information content (AvgIpc) is 2.84. The van der Waals surface area contributed by atoms with Crippen LogP contribution in [-0.2, 0) is 35.9 Å². The van der Waals surface area contributed by atoms with E-state index in [2.05, 4.69) is 4.98 Å². The van der Waals surface area contributed by atoms with E-state index in [9.17, 15) is 8.42 Å². The van der Waals surface area contributed by atoms with E-state index in [0.29, 0.717) is 12.4 Å². The molecule has 0 radical (unpaired) electrons. The molecule has 1 aromatic carbocycles. The molecule has 0 spiro atoms. The first-order valence-corrected chi connectivity index (χ1v) is 8.21. The van der Waals surface area contributed by atoms with Crippen LogP contribution < -0.4 is 5.73 Å². The van der Waals surface area contributed by atoms with Crippen LogP contribution in [0, 0.1) is 0 Å². The normalized spacial score (nSPS) is 12.0. The van der Waals surface area contributed by atoms with E-state index >= 15 is 0 Å². The van der Waals surface area contributed by atoms with Crippen LogP contribution in [0.1, 0.15) is 17.0 Å². The fourth-order valence-corrected chi connectivity index (χ4v) is 3.15. The van der Waals surface area contributed by atoms with Gasteiger partial charge in [-0.05, 0) is 11.1 Å². The van der Waals surface area contributed by atoms with Crippen molar-refractivity contribution in [3.63, 3.8) is 0 Å². The quantitative estimate of drug-likeness (QED) is 0.857. The summed E-state index contributed by atoms with van der Waals surface area (Å²) in [5.41, 5.74) is 7.24. The molecular weight excluding hydrogens is 288 g/mol. The van der Waals surface area contributed by atoms with Gasteiger partial charge in [0.25, 0.3) is 0 Å². The SMILES string of the molecule is CN(Cc1nccn1C)S(=O)(=O)Cc1cccc(CN)c1. The lowest BCUT2D eigenvalue weighted by atomic mass is 10.1. The van der Waals surface area contributed by atoms with Crippen molar-refractivity contribution in [2.45, 2.75) is 18.8 Å². The van der Waals surface area contributed by atoms with Crippen LogP contribution in [0.25, 0.3) is 0 Å². The Morgan fingerprint density at radius 1 is 1.33 bits per heavy atom. The van der Waals surface area contributed by atoms with Gasteiger partial charge in [0.1, 0.15) is 5.82 Å². The van der Waals surface area contributed by atoms with Gasteiger partial charge in [-0.15, -0.1) is 0 Å². The number of rotatable bonds is 6. The number of sulfonamides is 1. The lowest BCUT2D eigenvalue weighted by Gasteiger charge is -2.17. The van der Waals surface area contributed by atoms with Crippen LogP contribution in [0.4, 0.5) is 0 Å². The van der Waals surface area contributed by atoms with Crippen LogP contribution >= 0.6 is 0 Å². The van der Waals surface area contributed by atoms with Crippen LogP contribution in [0.2, 0.25) is 0 Å². The third-order valence-electron chi connectivity index (χ3n) is 3.34. The second-order valence-electron chi connectivity index (χ2n) is 4.99. The van der Waals surface area contributed by atoms with Crippen molar-refractivity contribution in [2.24, 2.45) is 12.8 Å². The average molecular weight is 308 g/mol. The van der Waals surface area contributed by atoms with Gasteiger partial charge in [-0.2, -0.15) is 4.31 Å². The second kappa shape index (κ2) is 6.38. The molecule has 21 heavy (non-hydrogen) atoms. The summed E-state index contributed by atoms with van der Waals surface area (Å²) in [5.74, 6) is 0.665. The third kappa shape index (κ3) is 3.90. The summed E-state index contributed by atoms with van der Waals surface area (Å²) >= 11 is 0. The Kier molecular flexibility index (Phi) is 4.76. The van der Waals surface area contributed by atoms with E-state index in [1.165, 1.54) is 4.31 Å². The molecule has 1 aromatic heterocycles. The van der Waals surface area contributed by atoms with Crippen molar-refractivity contribution in [1.82, 2.24) is 13.9 Å². The third-order valence-corrected chi connectivity index (χ3v) is 5.11. The fraction of sp³-hybridized carbons (Fsp3) is 0.357. The highest BCUT2D eigenvalue weighted by Crippen LogP contribution is 2.13. The second-order valence-corrected chi connectivity index (χ2v) is 7.07. The molecule has 0 saturated heterocycles. The summed E-state index contributed by atoms with van der Waals surface area (Å²) < 4.78 is 27.9. The number of aromatic nitrogens is 2. The van der Waals surface area contributed by atoms with Gasteiger partial charge in [-0.25, -0.2) is 13.4 Å². The summed E-state index contributed by atoms with van der Waals surface area (Å²) in [7, 11) is 0.0151. The smallest absolute Gasteiger partial charge is 0.218 e. The topological polar surface area (TPSA) is 81.2 Å². The van der Waals surface area contributed by atoms with E-state index in [4.69, 9.17) is 5.73 Å². The molecule has 2 N–H and O–H groups in total. The minimum atomic E-state index is -3.39. The number of imidazole rings is 1. The van der Waals surface area contributed by atoms with Crippen LogP contribution in [0.15, 0.2) is 36.7 Å². The largest absolute Gasteiger partial charge is 0.337 e. The lowest BCUT2D eigenvalue weighted by Crippen LogP contribution is -2.29. The molecule has 0 amide bonds. The predicted octanol–water partition coefficient (Wildman–Crippen LogP) is 0.841. The van der Waals surface area contributed by atoms with Gasteiger partial charge in [0.05, 0.1) is 12.3 Å². The van der Waals surface area contributed by atoms with Gasteiger partial charge in [0.15, 0.2) is 0 Å². The molecule has 0 fully saturated rings. The van der Waals surface area contributed by atoms with E-state index in [0.717, 1.165) is 11.1 Å². The standard InChI is InChI=1S/C14H20N4O2S/c1-17-7-6-16-14(17)10-18(2)21(19,20)11-13-5-3-4-12(8-13)9-15/h3-8H,9-11,15H2,1-2H3. The Hall–Kier alpha value is -1.70. The summed E-state index contributed by atoms with van der Waals surface area (Å²) in [6.45, 7) is 0.652. The number of hydrogen-bond donors (Lipinski definition) is 1. The molecule has 0 unspecified atom stereocenters. The molecule has 2 aromatic rings. The van der Waals surface area contributed by atoms with Gasteiger partial charge in [0.2, 0.25) is 10.0 Å². The fourth-order valence-electron chi connectivity index (χ4n) is 2.01. The molecular formula is C14H20N4O2S. The molecule has 0 aliphatic rings. The van der Waals surface area contributed by atoms with Gasteiger partial charge in [-0.1, -0.05) is 24.3 Å². The number of aryl methyl sites for hydroxylation is 1. The van der Waals surface area contributed by atoms with Crippen molar-refractivity contribution in [2.75, 3.05) is 7.05 Å². The zero-order chi connectivity index (χ0) is 15.5. The number of nitrogens with zero attached hydrogens (tertiary/aromatic N) is 3. The first kappa shape index (κ1) is 15.7. The predicted molar refractivity (Wildman–Crippen MR) is 81.6 cm³/mol. The van der Waals surface area contributed by atoms with Gasteiger partial charge < -0.3 is 10.3 Å². The molecule has 6 nitrogen and oxygen atoms in total. The summed E-state index contributed by atoms with van der Waals surface area (Å²) in [5, 5.41) is 0. The summed E-state index contributed by atoms with van der Waals surface area (Å²) in [6.07, 6.45) is 3.45. The maximum atomic E-state index is 12.4. The van der Waals surface area contributed by atoms with E-state index in [1.807, 2.05) is 25.2 Å². The number of hydrogen-bond acceptors (Lipinski definition) is 4. The zero-order valence-electron chi connectivity index (χ0n) is 12.2. The highest BCUT2D eigenvalue weighted by atomic mass is 32.2. The van der Waals surface area contributed by atoms with Crippen molar-refractivity contribution >= 4 is 10.0 Å². The molecule has 0 aliphatic carbocycles. The molecule has 2 rings (SSSR count). The Labute approximate surface area is 125 Å². The molecule has 0 bridgehead atoms. The molecule has 7 heteroatoms. The van der Waals surface area contributed by atoms with Crippen LogP contribution in [-0.4, -0.2) is 29.3 Å². The summed E-state index contributed by atoms with van der Waals surface area (Å²) in [4.78, 5) is 4.14. The Balaban J connectivity index is 2.12. The van der Waals surface area contributed by atoms with Gasteiger partial charge in [0, 0.05) is 33.0 Å². The minimum Gasteiger partial charge on any atom is -0.337 e. The number of benzene rings is 1. The van der Waals surface area contributed by atoms with Crippen molar-refractivity contribution in [3.8, 4) is 0 Å². The number of nitrogens with two attached hydrogens (primary N) is 1. The van der Waals surface area contributed by atoms with E-state index < -0.39 is 10.0 Å². The molecule has 0 aliphatic heterocycles. The lowest BCUT2D eigenvalue weighted by molar-refractivity contribution is 0.450. The first-order valence-electron chi connectivity index (χ1n) is 6.60. The maximum absolute atomic E-state index is 12.4. The molecule has 0 saturated carbocycles. The maximum Gasteiger partial charge on any atom is 0.218 e. The van der Waals surface area contributed by atoms with Gasteiger partial charge >= 0.3 is 0 Å². The first-order chi connectivity index (χ1) is 9.92. The van der Waals surface area contributed by atoms with Crippen molar-refractivity contribution in [1.29, 1.82) is 0 Å². The Bertz CT molecular complexity index is 709. The highest BCUT2D eigenvalue weighted by molar-refractivity contribution is 7.88. The molecule has 114 valence electrons. The van der Waals surface area contributed by atoms with Crippen molar-refractivity contribution < 1.29 is 8.42 Å². The van der Waals surface area contributed by atoms with Crippen LogP contribution in [0.5, 0.6) is 0 Å². The highest BCUT2D eigenvalue weighted by Gasteiger charge is 2.20. The minimum absolute atomic E-state index is 0.0399.